The van der Waals surface area contributed by atoms with Crippen molar-refractivity contribution in [2.75, 3.05) is 7.11 Å². The van der Waals surface area contributed by atoms with E-state index in [0.717, 1.165) is 30.6 Å². The third kappa shape index (κ3) is 3.85. The number of rotatable bonds is 5. The minimum absolute atomic E-state index is 0.0814. The summed E-state index contributed by atoms with van der Waals surface area (Å²) < 4.78 is 4.94. The summed E-state index contributed by atoms with van der Waals surface area (Å²) in [6.45, 7) is 0. The van der Waals surface area contributed by atoms with Crippen LogP contribution in [0.25, 0.3) is 0 Å². The minimum Gasteiger partial charge on any atom is -0.467 e. The van der Waals surface area contributed by atoms with Crippen molar-refractivity contribution in [3.63, 3.8) is 0 Å². The second-order valence-corrected chi connectivity index (χ2v) is 7.95. The molecule has 4 atom stereocenters. The molecule has 4 unspecified atom stereocenters. The van der Waals surface area contributed by atoms with Gasteiger partial charge in [0.05, 0.1) is 19.6 Å². The number of fused-ring (bicyclic) bond motifs is 1. The number of hydrogen-bond acceptors (Lipinski definition) is 5. The van der Waals surface area contributed by atoms with Gasteiger partial charge in [-0.25, -0.2) is 9.59 Å². The van der Waals surface area contributed by atoms with Crippen LogP contribution in [0.15, 0.2) is 17.5 Å². The lowest BCUT2D eigenvalue weighted by atomic mass is 9.84. The Hall–Kier alpha value is -2.09. The summed E-state index contributed by atoms with van der Waals surface area (Å²) in [5.74, 6) is -0.147. The van der Waals surface area contributed by atoms with Gasteiger partial charge in [0.2, 0.25) is 5.91 Å². The first kappa shape index (κ1) is 18.7. The lowest BCUT2D eigenvalue weighted by Gasteiger charge is -2.34. The number of ether oxygens (including phenoxy) is 1. The molecule has 2 aliphatic rings. The molecule has 0 spiro atoms. The number of hydrogen-bond donors (Lipinski definition) is 2. The van der Waals surface area contributed by atoms with Gasteiger partial charge in [0, 0.05) is 10.9 Å². The number of esters is 1. The highest BCUT2D eigenvalue weighted by Crippen LogP contribution is 2.41. The number of amides is 3. The number of likely N-dealkylation sites (tertiary alicyclic amines) is 1. The van der Waals surface area contributed by atoms with Crippen LogP contribution in [0.2, 0.25) is 0 Å². The van der Waals surface area contributed by atoms with Gasteiger partial charge in [0.25, 0.3) is 0 Å². The summed E-state index contributed by atoms with van der Waals surface area (Å²) in [4.78, 5) is 39.4. The zero-order valence-corrected chi connectivity index (χ0v) is 15.7. The molecule has 3 N–H and O–H groups in total. The predicted molar refractivity (Wildman–Crippen MR) is 97.4 cm³/mol. The van der Waals surface area contributed by atoms with Gasteiger partial charge in [-0.1, -0.05) is 18.9 Å². The second kappa shape index (κ2) is 8.07. The maximum Gasteiger partial charge on any atom is 0.328 e. The molecule has 1 saturated heterocycles. The minimum atomic E-state index is -0.669. The highest BCUT2D eigenvalue weighted by Gasteiger charge is 2.48. The van der Waals surface area contributed by atoms with Gasteiger partial charge in [-0.05, 0) is 36.6 Å². The van der Waals surface area contributed by atoms with Crippen molar-refractivity contribution in [3.05, 3.63) is 22.4 Å². The molecule has 1 aromatic heterocycles. The molecule has 8 heteroatoms. The summed E-state index contributed by atoms with van der Waals surface area (Å²) in [6.07, 6.45) is 4.90. The summed E-state index contributed by atoms with van der Waals surface area (Å²) in [5, 5.41) is 4.54. The number of primary amides is 1. The Kier molecular flexibility index (Phi) is 5.80. The first-order chi connectivity index (χ1) is 12.5. The topological polar surface area (TPSA) is 102 Å². The SMILES string of the molecule is COC(=O)C1CC2CCCCC2N1C(=O)CC(NC(N)=O)c1cccs1. The quantitative estimate of drug-likeness (QED) is 0.766. The van der Waals surface area contributed by atoms with Gasteiger partial charge in [0.15, 0.2) is 0 Å². The second-order valence-electron chi connectivity index (χ2n) is 6.97. The molecule has 26 heavy (non-hydrogen) atoms. The van der Waals surface area contributed by atoms with Crippen molar-refractivity contribution in [3.8, 4) is 0 Å². The van der Waals surface area contributed by atoms with Crippen LogP contribution in [0.4, 0.5) is 4.79 Å². The van der Waals surface area contributed by atoms with E-state index in [2.05, 4.69) is 5.32 Å². The Balaban J connectivity index is 1.80. The van der Waals surface area contributed by atoms with Crippen molar-refractivity contribution >= 4 is 29.2 Å². The molecule has 0 radical (unpaired) electrons. The predicted octanol–water partition coefficient (Wildman–Crippen LogP) is 2.18. The Labute approximate surface area is 156 Å². The molecule has 2 fully saturated rings. The average molecular weight is 379 g/mol. The van der Waals surface area contributed by atoms with Crippen LogP contribution in [-0.2, 0) is 14.3 Å². The van der Waals surface area contributed by atoms with Crippen molar-refractivity contribution in [1.82, 2.24) is 10.2 Å². The molecule has 2 heterocycles. The van der Waals surface area contributed by atoms with E-state index >= 15 is 0 Å². The monoisotopic (exact) mass is 379 g/mol. The van der Waals surface area contributed by atoms with E-state index in [0.29, 0.717) is 12.3 Å². The lowest BCUT2D eigenvalue weighted by molar-refractivity contribution is -0.152. The number of thiophene rings is 1. The Morgan fingerprint density at radius 3 is 2.81 bits per heavy atom. The van der Waals surface area contributed by atoms with E-state index in [9.17, 15) is 14.4 Å². The fourth-order valence-electron chi connectivity index (χ4n) is 4.33. The van der Waals surface area contributed by atoms with Gasteiger partial charge in [0.1, 0.15) is 6.04 Å². The summed E-state index contributed by atoms with van der Waals surface area (Å²) in [5.41, 5.74) is 5.29. The molecule has 1 aromatic rings. The van der Waals surface area contributed by atoms with E-state index < -0.39 is 18.1 Å². The molecule has 3 rings (SSSR count). The van der Waals surface area contributed by atoms with E-state index in [-0.39, 0.29) is 24.3 Å². The van der Waals surface area contributed by atoms with Gasteiger partial charge in [-0.3, -0.25) is 4.79 Å². The Morgan fingerprint density at radius 1 is 1.38 bits per heavy atom. The molecule has 142 valence electrons. The van der Waals surface area contributed by atoms with Gasteiger partial charge >= 0.3 is 12.0 Å². The standard InChI is InChI=1S/C18H25N3O4S/c1-25-17(23)14-9-11-5-2-3-6-13(11)21(14)16(22)10-12(20-18(19)24)15-7-4-8-26-15/h4,7-8,11-14H,2-3,5-6,9-10H2,1H3,(H3,19,20,24). The summed E-state index contributed by atoms with van der Waals surface area (Å²) in [6, 6.07) is 2.13. The summed E-state index contributed by atoms with van der Waals surface area (Å²) >= 11 is 1.46. The third-order valence-corrected chi connectivity index (χ3v) is 6.42. The van der Waals surface area contributed by atoms with Crippen LogP contribution < -0.4 is 11.1 Å². The molecule has 7 nitrogen and oxygen atoms in total. The number of nitrogens with one attached hydrogen (secondary N) is 1. The highest BCUT2D eigenvalue weighted by molar-refractivity contribution is 7.10. The average Bonchev–Trinajstić information content (AvgIpc) is 3.27. The maximum absolute atomic E-state index is 13.1. The largest absolute Gasteiger partial charge is 0.467 e. The third-order valence-electron chi connectivity index (χ3n) is 5.43. The molecule has 3 amide bonds. The Bertz CT molecular complexity index is 663. The van der Waals surface area contributed by atoms with Crippen LogP contribution in [0.1, 0.15) is 49.4 Å². The van der Waals surface area contributed by atoms with Crippen molar-refractivity contribution in [2.45, 2.75) is 56.7 Å². The number of urea groups is 1. The Morgan fingerprint density at radius 2 is 2.15 bits per heavy atom. The number of carbonyl (C=O) groups excluding carboxylic acids is 3. The van der Waals surface area contributed by atoms with Crippen LogP contribution in [-0.4, -0.2) is 42.0 Å². The molecule has 0 aromatic carbocycles. The molecule has 1 aliphatic heterocycles. The summed E-state index contributed by atoms with van der Waals surface area (Å²) in [7, 11) is 1.36. The number of carbonyl (C=O) groups is 3. The van der Waals surface area contributed by atoms with Crippen molar-refractivity contribution in [2.24, 2.45) is 11.7 Å². The molecule has 1 saturated carbocycles. The lowest BCUT2D eigenvalue weighted by Crippen LogP contribution is -2.48. The van der Waals surface area contributed by atoms with Crippen molar-refractivity contribution < 1.29 is 19.1 Å². The van der Waals surface area contributed by atoms with E-state index in [1.165, 1.54) is 18.4 Å². The zero-order chi connectivity index (χ0) is 18.7. The molecular formula is C18H25N3O4S. The number of nitrogens with zero attached hydrogens (tertiary/aromatic N) is 1. The van der Waals surface area contributed by atoms with E-state index in [1.54, 1.807) is 4.90 Å². The normalized spacial score (nSPS) is 26.0. The van der Waals surface area contributed by atoms with E-state index in [1.807, 2.05) is 17.5 Å². The number of methoxy groups -OCH3 is 1. The maximum atomic E-state index is 13.1. The van der Waals surface area contributed by atoms with Crippen LogP contribution in [0.3, 0.4) is 0 Å². The highest BCUT2D eigenvalue weighted by atomic mass is 32.1. The zero-order valence-electron chi connectivity index (χ0n) is 14.8. The van der Waals surface area contributed by atoms with Crippen LogP contribution >= 0.6 is 11.3 Å². The first-order valence-electron chi connectivity index (χ1n) is 8.99. The van der Waals surface area contributed by atoms with Crippen molar-refractivity contribution in [1.29, 1.82) is 0 Å². The fraction of sp³-hybridized carbons (Fsp3) is 0.611. The fourth-order valence-corrected chi connectivity index (χ4v) is 5.11. The van der Waals surface area contributed by atoms with E-state index in [4.69, 9.17) is 10.5 Å². The van der Waals surface area contributed by atoms with Crippen LogP contribution in [0, 0.1) is 5.92 Å². The molecule has 1 aliphatic carbocycles. The van der Waals surface area contributed by atoms with Gasteiger partial charge in [-0.15, -0.1) is 11.3 Å². The molecule has 0 bridgehead atoms. The van der Waals surface area contributed by atoms with Gasteiger partial charge < -0.3 is 20.7 Å². The van der Waals surface area contributed by atoms with Gasteiger partial charge in [-0.2, -0.15) is 0 Å². The smallest absolute Gasteiger partial charge is 0.328 e. The molecular weight excluding hydrogens is 354 g/mol. The van der Waals surface area contributed by atoms with Crippen LogP contribution in [0.5, 0.6) is 0 Å². The first-order valence-corrected chi connectivity index (χ1v) is 9.87. The number of nitrogens with two attached hydrogens (primary N) is 1.